The number of benzene rings is 1. The number of piperidine rings is 1. The molecule has 0 spiro atoms. The Morgan fingerprint density at radius 3 is 2.81 bits per heavy atom. The maximum absolute atomic E-state index is 12.7. The molecule has 0 saturated carbocycles. The number of carbonyl (C=O) groups excluding carboxylic acids is 1. The van der Waals surface area contributed by atoms with Gasteiger partial charge in [-0.25, -0.2) is 0 Å². The zero-order chi connectivity index (χ0) is 17.9. The standard InChI is InChI=1S/C21H22N4O/c1-15-7-10-25(11-8-15)18-12-17(13-22-14-18)21(26)24-19-6-2-4-16-5-3-9-23-20(16)19/h2-6,9,12-15H,7-8,10-11H2,1H3,(H,24,26). The van der Waals surface area contributed by atoms with Crippen LogP contribution < -0.4 is 10.2 Å². The molecule has 0 bridgehead atoms. The second-order valence-corrected chi connectivity index (χ2v) is 6.94. The molecule has 26 heavy (non-hydrogen) atoms. The Bertz CT molecular complexity index is 927. The smallest absolute Gasteiger partial charge is 0.257 e. The molecule has 1 fully saturated rings. The van der Waals surface area contributed by atoms with Crippen molar-refractivity contribution in [2.45, 2.75) is 19.8 Å². The van der Waals surface area contributed by atoms with Gasteiger partial charge in [0.05, 0.1) is 28.7 Å². The molecular weight excluding hydrogens is 324 g/mol. The van der Waals surface area contributed by atoms with Crippen LogP contribution in [-0.4, -0.2) is 29.0 Å². The summed E-state index contributed by atoms with van der Waals surface area (Å²) in [4.78, 5) is 23.7. The summed E-state index contributed by atoms with van der Waals surface area (Å²) in [5.41, 5.74) is 3.08. The lowest BCUT2D eigenvalue weighted by Crippen LogP contribution is -2.33. The number of aromatic nitrogens is 2. The highest BCUT2D eigenvalue weighted by molar-refractivity contribution is 6.08. The predicted molar refractivity (Wildman–Crippen MR) is 105 cm³/mol. The number of pyridine rings is 2. The van der Waals surface area contributed by atoms with Gasteiger partial charge < -0.3 is 10.2 Å². The Morgan fingerprint density at radius 2 is 1.96 bits per heavy atom. The second kappa shape index (κ2) is 7.12. The second-order valence-electron chi connectivity index (χ2n) is 6.94. The summed E-state index contributed by atoms with van der Waals surface area (Å²) in [5.74, 6) is 0.604. The van der Waals surface area contributed by atoms with Gasteiger partial charge in [-0.3, -0.25) is 14.8 Å². The largest absolute Gasteiger partial charge is 0.370 e. The van der Waals surface area contributed by atoms with E-state index in [1.165, 1.54) is 12.8 Å². The summed E-state index contributed by atoms with van der Waals surface area (Å²) in [5, 5.41) is 3.98. The van der Waals surface area contributed by atoms with Gasteiger partial charge in [-0.15, -0.1) is 0 Å². The predicted octanol–water partition coefficient (Wildman–Crippen LogP) is 4.12. The van der Waals surface area contributed by atoms with Crippen molar-refractivity contribution in [3.8, 4) is 0 Å². The summed E-state index contributed by atoms with van der Waals surface area (Å²) in [6, 6.07) is 11.6. The van der Waals surface area contributed by atoms with Crippen molar-refractivity contribution < 1.29 is 4.79 Å². The number of carbonyl (C=O) groups is 1. The van der Waals surface area contributed by atoms with Crippen molar-refractivity contribution in [2.24, 2.45) is 5.92 Å². The molecule has 1 aliphatic rings. The first-order chi connectivity index (χ1) is 12.7. The first-order valence-corrected chi connectivity index (χ1v) is 9.06. The van der Waals surface area contributed by atoms with Crippen LogP contribution in [0.1, 0.15) is 30.1 Å². The number of fused-ring (bicyclic) bond motifs is 1. The molecule has 1 amide bonds. The average molecular weight is 346 g/mol. The number of para-hydroxylation sites is 1. The Morgan fingerprint density at radius 1 is 1.15 bits per heavy atom. The van der Waals surface area contributed by atoms with Gasteiger partial charge in [-0.2, -0.15) is 0 Å². The summed E-state index contributed by atoms with van der Waals surface area (Å²) in [7, 11) is 0. The summed E-state index contributed by atoms with van der Waals surface area (Å²) in [6.45, 7) is 4.32. The molecule has 0 unspecified atom stereocenters. The third kappa shape index (κ3) is 3.38. The molecule has 1 aliphatic heterocycles. The molecule has 1 saturated heterocycles. The van der Waals surface area contributed by atoms with Crippen LogP contribution in [0.5, 0.6) is 0 Å². The average Bonchev–Trinajstić information content (AvgIpc) is 2.69. The van der Waals surface area contributed by atoms with E-state index in [-0.39, 0.29) is 5.91 Å². The number of nitrogens with zero attached hydrogens (tertiary/aromatic N) is 3. The van der Waals surface area contributed by atoms with E-state index in [0.29, 0.717) is 11.3 Å². The lowest BCUT2D eigenvalue weighted by atomic mass is 9.99. The fourth-order valence-electron chi connectivity index (χ4n) is 3.39. The van der Waals surface area contributed by atoms with Crippen LogP contribution in [0.3, 0.4) is 0 Å². The molecule has 0 aliphatic carbocycles. The highest BCUT2D eigenvalue weighted by Gasteiger charge is 2.18. The summed E-state index contributed by atoms with van der Waals surface area (Å²) >= 11 is 0. The van der Waals surface area contributed by atoms with Crippen LogP contribution in [0.4, 0.5) is 11.4 Å². The number of hydrogen-bond donors (Lipinski definition) is 1. The summed E-state index contributed by atoms with van der Waals surface area (Å²) < 4.78 is 0. The minimum absolute atomic E-state index is 0.164. The molecular formula is C21H22N4O. The van der Waals surface area contributed by atoms with E-state index < -0.39 is 0 Å². The van der Waals surface area contributed by atoms with Gasteiger partial charge in [0.25, 0.3) is 5.91 Å². The molecule has 132 valence electrons. The van der Waals surface area contributed by atoms with E-state index in [1.807, 2.05) is 42.6 Å². The fraction of sp³-hybridized carbons (Fsp3) is 0.286. The van der Waals surface area contributed by atoms with E-state index in [2.05, 4.69) is 27.1 Å². The number of amides is 1. The van der Waals surface area contributed by atoms with Gasteiger partial charge >= 0.3 is 0 Å². The van der Waals surface area contributed by atoms with Crippen LogP contribution in [0, 0.1) is 5.92 Å². The minimum Gasteiger partial charge on any atom is -0.370 e. The van der Waals surface area contributed by atoms with Gasteiger partial charge in [0.15, 0.2) is 0 Å². The first-order valence-electron chi connectivity index (χ1n) is 9.06. The summed E-state index contributed by atoms with van der Waals surface area (Å²) in [6.07, 6.45) is 7.55. The van der Waals surface area contributed by atoms with E-state index in [4.69, 9.17) is 0 Å². The molecule has 3 aromatic rings. The minimum atomic E-state index is -0.164. The van der Waals surface area contributed by atoms with Gasteiger partial charge in [0.2, 0.25) is 0 Å². The Labute approximate surface area is 153 Å². The van der Waals surface area contributed by atoms with Crippen molar-refractivity contribution in [1.29, 1.82) is 0 Å². The zero-order valence-electron chi connectivity index (χ0n) is 14.9. The van der Waals surface area contributed by atoms with Crippen molar-refractivity contribution in [1.82, 2.24) is 9.97 Å². The molecule has 1 aromatic carbocycles. The Balaban J connectivity index is 1.56. The fourth-order valence-corrected chi connectivity index (χ4v) is 3.39. The van der Waals surface area contributed by atoms with Crippen molar-refractivity contribution in [3.63, 3.8) is 0 Å². The van der Waals surface area contributed by atoms with Crippen LogP contribution >= 0.6 is 0 Å². The molecule has 2 aromatic heterocycles. The highest BCUT2D eigenvalue weighted by atomic mass is 16.1. The molecule has 1 N–H and O–H groups in total. The normalized spacial score (nSPS) is 15.2. The molecule has 0 atom stereocenters. The quantitative estimate of drug-likeness (QED) is 0.775. The lowest BCUT2D eigenvalue weighted by Gasteiger charge is -2.32. The lowest BCUT2D eigenvalue weighted by molar-refractivity contribution is 0.102. The van der Waals surface area contributed by atoms with Crippen LogP contribution in [-0.2, 0) is 0 Å². The molecule has 3 heterocycles. The van der Waals surface area contributed by atoms with Crippen molar-refractivity contribution in [3.05, 3.63) is 60.6 Å². The van der Waals surface area contributed by atoms with Gasteiger partial charge in [0.1, 0.15) is 0 Å². The number of nitrogens with one attached hydrogen (secondary N) is 1. The maximum Gasteiger partial charge on any atom is 0.257 e. The monoisotopic (exact) mass is 346 g/mol. The number of anilines is 2. The molecule has 0 radical (unpaired) electrons. The van der Waals surface area contributed by atoms with E-state index in [0.717, 1.165) is 35.6 Å². The Hall–Kier alpha value is -2.95. The zero-order valence-corrected chi connectivity index (χ0v) is 14.9. The highest BCUT2D eigenvalue weighted by Crippen LogP contribution is 2.24. The van der Waals surface area contributed by atoms with Gasteiger partial charge in [0, 0.05) is 30.9 Å². The molecule has 5 nitrogen and oxygen atoms in total. The van der Waals surface area contributed by atoms with Crippen LogP contribution in [0.15, 0.2) is 55.0 Å². The third-order valence-corrected chi connectivity index (χ3v) is 5.02. The van der Waals surface area contributed by atoms with E-state index >= 15 is 0 Å². The van der Waals surface area contributed by atoms with Crippen molar-refractivity contribution >= 4 is 28.2 Å². The SMILES string of the molecule is CC1CCN(c2cncc(C(=O)Nc3cccc4cccnc34)c2)CC1. The molecule has 5 heteroatoms. The number of hydrogen-bond acceptors (Lipinski definition) is 4. The van der Waals surface area contributed by atoms with E-state index in [9.17, 15) is 4.79 Å². The van der Waals surface area contributed by atoms with E-state index in [1.54, 1.807) is 12.4 Å². The van der Waals surface area contributed by atoms with Gasteiger partial charge in [-0.05, 0) is 37.0 Å². The number of rotatable bonds is 3. The third-order valence-electron chi connectivity index (χ3n) is 5.02. The Kier molecular flexibility index (Phi) is 4.52. The maximum atomic E-state index is 12.7. The molecule has 4 rings (SSSR count). The van der Waals surface area contributed by atoms with Gasteiger partial charge in [-0.1, -0.05) is 25.1 Å². The van der Waals surface area contributed by atoms with Crippen molar-refractivity contribution in [2.75, 3.05) is 23.3 Å². The van der Waals surface area contributed by atoms with Crippen LogP contribution in [0.2, 0.25) is 0 Å². The topological polar surface area (TPSA) is 58.1 Å². The van der Waals surface area contributed by atoms with Crippen LogP contribution in [0.25, 0.3) is 10.9 Å². The first kappa shape index (κ1) is 16.5.